The fourth-order valence-electron chi connectivity index (χ4n) is 4.41. The van der Waals surface area contributed by atoms with E-state index in [1.807, 2.05) is 59.5 Å². The average Bonchev–Trinajstić information content (AvgIpc) is 3.39. The van der Waals surface area contributed by atoms with Crippen molar-refractivity contribution in [2.24, 2.45) is 0 Å². The molecule has 0 bridgehead atoms. The van der Waals surface area contributed by atoms with Crippen molar-refractivity contribution in [3.05, 3.63) is 82.0 Å². The predicted octanol–water partition coefficient (Wildman–Crippen LogP) is 3.98. The lowest BCUT2D eigenvalue weighted by Crippen LogP contribution is -2.48. The van der Waals surface area contributed by atoms with Crippen molar-refractivity contribution in [1.82, 2.24) is 9.80 Å². The number of methoxy groups -OCH3 is 2. The van der Waals surface area contributed by atoms with Gasteiger partial charge in [0, 0.05) is 25.1 Å². The third kappa shape index (κ3) is 6.25. The van der Waals surface area contributed by atoms with Gasteiger partial charge in [0.05, 0.1) is 32.7 Å². The van der Waals surface area contributed by atoms with Crippen LogP contribution >= 0.6 is 11.3 Å². The van der Waals surface area contributed by atoms with Crippen molar-refractivity contribution in [2.75, 3.05) is 47.1 Å². The Bertz CT molecular complexity index is 1150. The van der Waals surface area contributed by atoms with Crippen LogP contribution in [-0.2, 0) is 27.2 Å². The maximum absolute atomic E-state index is 13.6. The zero-order valence-electron chi connectivity index (χ0n) is 20.7. The van der Waals surface area contributed by atoms with Crippen molar-refractivity contribution >= 4 is 23.2 Å². The van der Waals surface area contributed by atoms with Crippen LogP contribution in [0.2, 0.25) is 0 Å². The molecule has 1 aromatic heterocycles. The maximum atomic E-state index is 13.6. The van der Waals surface area contributed by atoms with E-state index >= 15 is 0 Å². The van der Waals surface area contributed by atoms with Crippen molar-refractivity contribution in [3.63, 3.8) is 0 Å². The molecule has 1 atom stereocenters. The first-order chi connectivity index (χ1) is 17.6. The second kappa shape index (κ2) is 12.6. The lowest BCUT2D eigenvalue weighted by molar-refractivity contribution is -0.142. The number of amides is 2. The summed E-state index contributed by atoms with van der Waals surface area (Å²) in [6.07, 6.45) is 1.03. The first-order valence-electron chi connectivity index (χ1n) is 12.0. The molecule has 36 heavy (non-hydrogen) atoms. The Hall–Kier alpha value is -3.36. The molecule has 0 spiro atoms. The summed E-state index contributed by atoms with van der Waals surface area (Å²) in [7, 11) is 3.20. The van der Waals surface area contributed by atoms with E-state index in [1.54, 1.807) is 30.5 Å². The second-order valence-electron chi connectivity index (χ2n) is 8.58. The molecule has 0 N–H and O–H groups in total. The van der Waals surface area contributed by atoms with Crippen molar-refractivity contribution in [3.8, 4) is 11.5 Å². The second-order valence-corrected chi connectivity index (χ2v) is 9.59. The number of carbonyl (C=O) groups is 2. The van der Waals surface area contributed by atoms with Gasteiger partial charge in [-0.3, -0.25) is 9.59 Å². The van der Waals surface area contributed by atoms with E-state index in [0.29, 0.717) is 37.8 Å². The third-order valence-corrected chi connectivity index (χ3v) is 7.32. The van der Waals surface area contributed by atoms with Crippen LogP contribution in [0.1, 0.15) is 22.0 Å². The molecule has 0 unspecified atom stereocenters. The SMILES string of the molecule is COCCN(CC(=O)N1CCc2sccc2[C@@H]1COc1ccccc1OC)C(=O)Cc1ccccc1. The van der Waals surface area contributed by atoms with Crippen LogP contribution in [0.3, 0.4) is 0 Å². The van der Waals surface area contributed by atoms with Gasteiger partial charge in [-0.25, -0.2) is 0 Å². The van der Waals surface area contributed by atoms with Crippen LogP contribution in [0.25, 0.3) is 0 Å². The number of nitrogens with zero attached hydrogens (tertiary/aromatic N) is 2. The highest BCUT2D eigenvalue weighted by Crippen LogP contribution is 2.35. The van der Waals surface area contributed by atoms with Crippen molar-refractivity contribution in [2.45, 2.75) is 18.9 Å². The Morgan fingerprint density at radius 1 is 1.03 bits per heavy atom. The quantitative estimate of drug-likeness (QED) is 0.392. The number of fused-ring (bicyclic) bond motifs is 1. The maximum Gasteiger partial charge on any atom is 0.242 e. The van der Waals surface area contributed by atoms with Crippen LogP contribution in [0, 0.1) is 0 Å². The summed E-state index contributed by atoms with van der Waals surface area (Å²) in [5, 5.41) is 2.06. The molecular weight excluding hydrogens is 476 g/mol. The molecule has 3 aromatic rings. The number of benzene rings is 2. The van der Waals surface area contributed by atoms with Gasteiger partial charge in [0.2, 0.25) is 11.8 Å². The number of ether oxygens (including phenoxy) is 3. The molecule has 1 aliphatic heterocycles. The van der Waals surface area contributed by atoms with E-state index < -0.39 is 0 Å². The van der Waals surface area contributed by atoms with E-state index in [9.17, 15) is 9.59 Å². The van der Waals surface area contributed by atoms with Crippen LogP contribution in [-0.4, -0.2) is 68.7 Å². The van der Waals surface area contributed by atoms with Gasteiger partial charge in [-0.05, 0) is 41.1 Å². The highest BCUT2D eigenvalue weighted by atomic mass is 32.1. The summed E-state index contributed by atoms with van der Waals surface area (Å²) in [6.45, 7) is 1.60. The summed E-state index contributed by atoms with van der Waals surface area (Å²) < 4.78 is 16.8. The molecule has 8 heteroatoms. The van der Waals surface area contributed by atoms with Crippen molar-refractivity contribution in [1.29, 1.82) is 0 Å². The highest BCUT2D eigenvalue weighted by molar-refractivity contribution is 7.10. The molecule has 0 saturated carbocycles. The average molecular weight is 509 g/mol. The molecule has 1 aliphatic rings. The normalized spacial score (nSPS) is 14.7. The minimum Gasteiger partial charge on any atom is -0.493 e. The van der Waals surface area contributed by atoms with E-state index in [1.165, 1.54) is 4.88 Å². The molecule has 0 radical (unpaired) electrons. The smallest absolute Gasteiger partial charge is 0.242 e. The summed E-state index contributed by atoms with van der Waals surface area (Å²) in [4.78, 5) is 31.5. The van der Waals surface area contributed by atoms with Crippen LogP contribution in [0.15, 0.2) is 66.0 Å². The van der Waals surface area contributed by atoms with Gasteiger partial charge in [0.1, 0.15) is 6.61 Å². The van der Waals surface area contributed by atoms with E-state index in [2.05, 4.69) is 11.4 Å². The van der Waals surface area contributed by atoms with E-state index in [0.717, 1.165) is 17.5 Å². The molecule has 0 saturated heterocycles. The molecular formula is C28H32N2O5S. The molecule has 0 fully saturated rings. The lowest BCUT2D eigenvalue weighted by atomic mass is 10.0. The summed E-state index contributed by atoms with van der Waals surface area (Å²) >= 11 is 1.70. The fourth-order valence-corrected chi connectivity index (χ4v) is 5.34. The molecule has 0 aliphatic carbocycles. The fraction of sp³-hybridized carbons (Fsp3) is 0.357. The van der Waals surface area contributed by atoms with Gasteiger partial charge in [-0.2, -0.15) is 0 Å². The van der Waals surface area contributed by atoms with E-state index in [-0.39, 0.29) is 30.8 Å². The van der Waals surface area contributed by atoms with Gasteiger partial charge >= 0.3 is 0 Å². The molecule has 2 amide bonds. The topological polar surface area (TPSA) is 68.3 Å². The third-order valence-electron chi connectivity index (χ3n) is 6.32. The largest absolute Gasteiger partial charge is 0.493 e. The standard InChI is InChI=1S/C28H32N2O5S/c1-33-16-15-29(27(31)18-21-8-4-3-5-9-21)19-28(32)30-14-12-26-22(13-17-36-26)23(30)20-35-25-11-7-6-10-24(25)34-2/h3-11,13,17,23H,12,14-16,18-20H2,1-2H3/t23-/m0/s1. The van der Waals surface area contributed by atoms with Gasteiger partial charge in [-0.1, -0.05) is 42.5 Å². The Labute approximate surface area is 216 Å². The molecule has 7 nitrogen and oxygen atoms in total. The zero-order valence-corrected chi connectivity index (χ0v) is 21.5. The Morgan fingerprint density at radius 3 is 2.53 bits per heavy atom. The first kappa shape index (κ1) is 25.7. The van der Waals surface area contributed by atoms with Gasteiger partial charge in [0.25, 0.3) is 0 Å². The number of hydrogen-bond donors (Lipinski definition) is 0. The first-order valence-corrected chi connectivity index (χ1v) is 12.9. The predicted molar refractivity (Wildman–Crippen MR) is 140 cm³/mol. The summed E-state index contributed by atoms with van der Waals surface area (Å²) in [5.41, 5.74) is 2.02. The Morgan fingerprint density at radius 2 is 1.78 bits per heavy atom. The lowest BCUT2D eigenvalue weighted by Gasteiger charge is -2.37. The van der Waals surface area contributed by atoms with Crippen molar-refractivity contribution < 1.29 is 23.8 Å². The molecule has 190 valence electrons. The Kier molecular flexibility index (Phi) is 8.97. The number of para-hydroxylation sites is 2. The molecule has 2 aromatic carbocycles. The van der Waals surface area contributed by atoms with Crippen LogP contribution in [0.4, 0.5) is 0 Å². The summed E-state index contributed by atoms with van der Waals surface area (Å²) in [5.74, 6) is 1.09. The highest BCUT2D eigenvalue weighted by Gasteiger charge is 2.33. The van der Waals surface area contributed by atoms with Crippen LogP contribution < -0.4 is 9.47 Å². The van der Waals surface area contributed by atoms with Crippen LogP contribution in [0.5, 0.6) is 11.5 Å². The molecule has 4 rings (SSSR count). The van der Waals surface area contributed by atoms with Gasteiger partial charge in [-0.15, -0.1) is 11.3 Å². The van der Waals surface area contributed by atoms with Gasteiger partial charge in [0.15, 0.2) is 11.5 Å². The monoisotopic (exact) mass is 508 g/mol. The number of thiophene rings is 1. The van der Waals surface area contributed by atoms with Gasteiger partial charge < -0.3 is 24.0 Å². The minimum atomic E-state index is -0.245. The molecule has 2 heterocycles. The number of carbonyl (C=O) groups excluding carboxylic acids is 2. The van der Waals surface area contributed by atoms with E-state index in [4.69, 9.17) is 14.2 Å². The minimum absolute atomic E-state index is 0.000342. The zero-order chi connectivity index (χ0) is 25.3. The Balaban J connectivity index is 1.49. The number of hydrogen-bond acceptors (Lipinski definition) is 6. The number of rotatable bonds is 11. The summed E-state index contributed by atoms with van der Waals surface area (Å²) in [6, 6.07) is 18.9.